The molecule has 140 valence electrons. The van der Waals surface area contributed by atoms with Gasteiger partial charge in [-0.05, 0) is 47.9 Å². The van der Waals surface area contributed by atoms with Crippen LogP contribution in [0.2, 0.25) is 5.02 Å². The molecule has 1 fully saturated rings. The molecular weight excluding hydrogens is 358 g/mol. The summed E-state index contributed by atoms with van der Waals surface area (Å²) in [6.45, 7) is 2.19. The lowest BCUT2D eigenvalue weighted by Crippen LogP contribution is -2.31. The van der Waals surface area contributed by atoms with E-state index < -0.39 is 5.91 Å². The molecule has 1 aliphatic carbocycles. The Morgan fingerprint density at radius 2 is 1.92 bits per heavy atom. The maximum absolute atomic E-state index is 12.6. The summed E-state index contributed by atoms with van der Waals surface area (Å²) in [4.78, 5) is 25.2. The third-order valence-corrected chi connectivity index (χ3v) is 5.49. The Kier molecular flexibility index (Phi) is 5.36. The van der Waals surface area contributed by atoms with Gasteiger partial charge in [0.1, 0.15) is 0 Å². The number of anilines is 1. The fourth-order valence-electron chi connectivity index (χ4n) is 3.49. The molecule has 0 radical (unpaired) electrons. The average molecular weight is 380 g/mol. The number of halogens is 1. The molecule has 0 spiro atoms. The van der Waals surface area contributed by atoms with Crippen LogP contribution in [0.25, 0.3) is 0 Å². The van der Waals surface area contributed by atoms with Gasteiger partial charge in [0.15, 0.2) is 5.69 Å². The molecule has 3 rings (SSSR count). The first-order valence-corrected chi connectivity index (χ1v) is 9.10. The summed E-state index contributed by atoms with van der Waals surface area (Å²) in [7, 11) is 3.13. The van der Waals surface area contributed by atoms with Gasteiger partial charge in [0.2, 0.25) is 5.95 Å². The van der Waals surface area contributed by atoms with Gasteiger partial charge < -0.3 is 0 Å². The van der Waals surface area contributed by atoms with Crippen LogP contribution < -0.4 is 10.9 Å². The first-order chi connectivity index (χ1) is 12.4. The molecule has 26 heavy (non-hydrogen) atoms. The second kappa shape index (κ2) is 7.53. The van der Waals surface area contributed by atoms with Crippen molar-refractivity contribution in [3.63, 3.8) is 0 Å². The molecule has 1 N–H and O–H groups in total. The van der Waals surface area contributed by atoms with Crippen molar-refractivity contribution in [3.8, 4) is 0 Å². The Bertz CT molecular complexity index is 868. The maximum atomic E-state index is 12.6. The average Bonchev–Trinajstić information content (AvgIpc) is 3.03. The Morgan fingerprint density at radius 3 is 2.50 bits per heavy atom. The van der Waals surface area contributed by atoms with Gasteiger partial charge in [0, 0.05) is 19.7 Å². The number of nitrogens with zero attached hydrogens (tertiary/aromatic N) is 6. The summed E-state index contributed by atoms with van der Waals surface area (Å²) in [6, 6.07) is 0. The van der Waals surface area contributed by atoms with Crippen molar-refractivity contribution in [3.05, 3.63) is 26.6 Å². The highest BCUT2D eigenvalue weighted by Gasteiger charge is 2.29. The lowest BCUT2D eigenvalue weighted by Gasteiger charge is -2.28. The molecule has 2 aromatic rings. The van der Waals surface area contributed by atoms with Crippen LogP contribution in [0.4, 0.5) is 5.95 Å². The largest absolute Gasteiger partial charge is 0.288 e. The fraction of sp³-hybridized carbons (Fsp3) is 0.625. The molecule has 9 nitrogen and oxygen atoms in total. The van der Waals surface area contributed by atoms with Crippen LogP contribution in [0.1, 0.15) is 61.0 Å². The number of tetrazole rings is 1. The summed E-state index contributed by atoms with van der Waals surface area (Å²) >= 11 is 6.47. The van der Waals surface area contributed by atoms with Crippen LogP contribution in [-0.4, -0.2) is 35.9 Å². The van der Waals surface area contributed by atoms with E-state index in [0.29, 0.717) is 11.5 Å². The quantitative estimate of drug-likeness (QED) is 0.869. The number of hydrogen-bond donors (Lipinski definition) is 1. The molecule has 0 atom stereocenters. The summed E-state index contributed by atoms with van der Waals surface area (Å²) < 4.78 is 2.50. The molecule has 1 amide bonds. The Labute approximate surface area is 155 Å². The van der Waals surface area contributed by atoms with Crippen molar-refractivity contribution in [2.24, 2.45) is 20.0 Å². The molecule has 1 saturated carbocycles. The summed E-state index contributed by atoms with van der Waals surface area (Å²) in [5.74, 6) is 0.371. The first-order valence-electron chi connectivity index (χ1n) is 8.72. The minimum absolute atomic E-state index is 0.00406. The van der Waals surface area contributed by atoms with Crippen LogP contribution >= 0.6 is 11.6 Å². The minimum atomic E-state index is -0.549. The highest BCUT2D eigenvalue weighted by molar-refractivity contribution is 6.34. The zero-order chi connectivity index (χ0) is 18.8. The third kappa shape index (κ3) is 3.48. The van der Waals surface area contributed by atoms with Crippen molar-refractivity contribution in [1.29, 1.82) is 0 Å². The molecule has 2 heterocycles. The van der Waals surface area contributed by atoms with Crippen molar-refractivity contribution < 1.29 is 4.79 Å². The third-order valence-electron chi connectivity index (χ3n) is 5.11. The SMILES string of the molecule is CCC1CCC(c2c(Cl)c(C(=O)Nc3nnnn3C)nn(C)c2=O)CC1. The van der Waals surface area contributed by atoms with Gasteiger partial charge in [-0.25, -0.2) is 9.36 Å². The molecule has 10 heteroatoms. The van der Waals surface area contributed by atoms with Crippen LogP contribution in [0.5, 0.6) is 0 Å². The highest BCUT2D eigenvalue weighted by Crippen LogP contribution is 2.38. The number of aryl methyl sites for hydroxylation is 2. The maximum Gasteiger partial charge on any atom is 0.280 e. The minimum Gasteiger partial charge on any atom is -0.288 e. The van der Waals surface area contributed by atoms with E-state index in [0.717, 1.165) is 32.1 Å². The molecule has 0 aromatic carbocycles. The zero-order valence-corrected chi connectivity index (χ0v) is 15.8. The van der Waals surface area contributed by atoms with Crippen molar-refractivity contribution in [2.75, 3.05) is 5.32 Å². The zero-order valence-electron chi connectivity index (χ0n) is 15.1. The number of carbonyl (C=O) groups is 1. The number of amides is 1. The van der Waals surface area contributed by atoms with E-state index in [4.69, 9.17) is 11.6 Å². The predicted molar refractivity (Wildman–Crippen MR) is 96.2 cm³/mol. The lowest BCUT2D eigenvalue weighted by atomic mass is 9.78. The molecule has 0 unspecified atom stereocenters. The van der Waals surface area contributed by atoms with Gasteiger partial charge in [0.05, 0.1) is 5.02 Å². The van der Waals surface area contributed by atoms with Crippen LogP contribution in [0.3, 0.4) is 0 Å². The molecular formula is C16H22ClN7O2. The number of rotatable bonds is 4. The first kappa shape index (κ1) is 18.5. The topological polar surface area (TPSA) is 108 Å². The van der Waals surface area contributed by atoms with Gasteiger partial charge in [-0.15, -0.1) is 0 Å². The summed E-state index contributed by atoms with van der Waals surface area (Å²) in [5.41, 5.74) is 0.246. The van der Waals surface area contributed by atoms with E-state index in [1.54, 1.807) is 7.05 Å². The van der Waals surface area contributed by atoms with Crippen LogP contribution in [0.15, 0.2) is 4.79 Å². The van der Waals surface area contributed by atoms with Crippen molar-refractivity contribution in [2.45, 2.75) is 44.9 Å². The monoisotopic (exact) mass is 379 g/mol. The normalized spacial score (nSPS) is 20.2. The summed E-state index contributed by atoms with van der Waals surface area (Å²) in [5, 5.41) is 17.6. The van der Waals surface area contributed by atoms with Gasteiger partial charge in [-0.3, -0.25) is 14.9 Å². The van der Waals surface area contributed by atoms with E-state index in [1.165, 1.54) is 16.4 Å². The van der Waals surface area contributed by atoms with Crippen LogP contribution in [0, 0.1) is 5.92 Å². The fourth-order valence-corrected chi connectivity index (χ4v) is 3.85. The van der Waals surface area contributed by atoms with E-state index in [2.05, 4.69) is 32.9 Å². The predicted octanol–water partition coefficient (Wildman–Crippen LogP) is 1.89. The van der Waals surface area contributed by atoms with E-state index in [1.807, 2.05) is 0 Å². The standard InChI is InChI=1S/C16H22ClN7O2/c1-4-9-5-7-10(8-6-9)11-12(17)13(20-23(2)15(11)26)14(25)18-16-19-21-22-24(16)3/h9-10H,4-8H2,1-3H3,(H,18,19,22,25). The second-order valence-electron chi connectivity index (χ2n) is 6.71. The number of carbonyl (C=O) groups excluding carboxylic acids is 1. The number of nitrogens with one attached hydrogen (secondary N) is 1. The number of aromatic nitrogens is 6. The Hall–Kier alpha value is -2.29. The second-order valence-corrected chi connectivity index (χ2v) is 7.09. The van der Waals surface area contributed by atoms with Crippen molar-refractivity contribution in [1.82, 2.24) is 30.0 Å². The van der Waals surface area contributed by atoms with Gasteiger partial charge in [-0.1, -0.05) is 30.0 Å². The van der Waals surface area contributed by atoms with Crippen molar-refractivity contribution >= 4 is 23.5 Å². The number of hydrogen-bond acceptors (Lipinski definition) is 6. The van der Waals surface area contributed by atoms with Crippen LogP contribution in [-0.2, 0) is 14.1 Å². The molecule has 1 aliphatic rings. The summed E-state index contributed by atoms with van der Waals surface area (Å²) in [6.07, 6.45) is 5.07. The van der Waals surface area contributed by atoms with Gasteiger partial charge >= 0.3 is 0 Å². The van der Waals surface area contributed by atoms with Gasteiger partial charge in [-0.2, -0.15) is 5.10 Å². The van der Waals surface area contributed by atoms with E-state index >= 15 is 0 Å². The van der Waals surface area contributed by atoms with E-state index in [9.17, 15) is 9.59 Å². The van der Waals surface area contributed by atoms with Gasteiger partial charge in [0.25, 0.3) is 11.5 Å². The Balaban J connectivity index is 1.93. The van der Waals surface area contributed by atoms with E-state index in [-0.39, 0.29) is 28.1 Å². The molecule has 0 bridgehead atoms. The smallest absolute Gasteiger partial charge is 0.280 e. The Morgan fingerprint density at radius 1 is 1.23 bits per heavy atom. The lowest BCUT2D eigenvalue weighted by molar-refractivity contribution is 0.101. The highest BCUT2D eigenvalue weighted by atomic mass is 35.5. The molecule has 0 saturated heterocycles. The molecule has 0 aliphatic heterocycles. The molecule has 2 aromatic heterocycles.